The van der Waals surface area contributed by atoms with Gasteiger partial charge in [0.1, 0.15) is 153 Å². The van der Waals surface area contributed by atoms with Crippen molar-refractivity contribution in [1.82, 2.24) is 4.90 Å². The van der Waals surface area contributed by atoms with Gasteiger partial charge in [0, 0.05) is 12.5 Å². The van der Waals surface area contributed by atoms with E-state index in [1.54, 1.807) is 0 Å². The first-order valence-electron chi connectivity index (χ1n) is 33.3. The summed E-state index contributed by atoms with van der Waals surface area (Å²) in [5.74, 6) is 0.763. The van der Waals surface area contributed by atoms with Crippen molar-refractivity contribution in [1.29, 1.82) is 0 Å². The minimum atomic E-state index is -2.12. The summed E-state index contributed by atoms with van der Waals surface area (Å²) in [6.07, 6.45) is -52.1. The van der Waals surface area contributed by atoms with Crippen LogP contribution >= 0.6 is 0 Å². The van der Waals surface area contributed by atoms with E-state index in [0.717, 1.165) is 25.7 Å². The van der Waals surface area contributed by atoms with Gasteiger partial charge in [-0.1, -0.05) is 26.2 Å². The van der Waals surface area contributed by atoms with Gasteiger partial charge in [0.05, 0.1) is 45.2 Å². The standard InChI is InChI=1S/C60H99NO32/c1-22-33(67)53-82-28(17-62)46(22)87-54-40(74)34(68)47-26(80-54)6-4-2-3-5-8-61(9-7-60-13-23-10-24(14-60)12-25(11-23)15-60)16-27-48(89-57-43(77)38(72)52(32(21-66)84-57)93-58-44(78)36(70)49(90-53)29(18-63)85-58)35(69)41(75)55(81-27)91-50-30(19-64)86-59(45(79)39(50)73)92-51-31(20-65)83-56(88-47)42(76)37(51)71/h22-59,62-79H,2-21H2,1H3/t22?,23?,24?,25?,26-,27-,28-,29-,30-,31-,32?,33?,34?,35?,36?,37?,38?,39?,40?,41?,42?,43?,44?,45?,46+,47-,48-,49-,50-,51-,52-,53-,54-,55-,56-,57-,58-,59-,60?/m1/s1. The monoisotopic (exact) mass is 1350 g/mol. The van der Waals surface area contributed by atoms with Crippen molar-refractivity contribution >= 4 is 0 Å². The Bertz CT molecular complexity index is 2330. The summed E-state index contributed by atoms with van der Waals surface area (Å²) in [5.41, 5.74) is 0.0614. The Hall–Kier alpha value is -1.32. The summed E-state index contributed by atoms with van der Waals surface area (Å²) in [4.78, 5) is 2.13. The zero-order valence-electron chi connectivity index (χ0n) is 51.8. The Morgan fingerprint density at radius 1 is 0.323 bits per heavy atom. The highest BCUT2D eigenvalue weighted by molar-refractivity contribution is 5.05. The van der Waals surface area contributed by atoms with E-state index in [1.165, 1.54) is 26.2 Å². The zero-order chi connectivity index (χ0) is 66.1. The molecule has 0 amide bonds. The maximum absolute atomic E-state index is 12.4. The molecule has 0 radical (unpaired) electrons. The van der Waals surface area contributed by atoms with Crippen LogP contribution in [0.15, 0.2) is 0 Å². The van der Waals surface area contributed by atoms with Crippen molar-refractivity contribution in [3.05, 3.63) is 0 Å². The second-order valence-corrected chi connectivity index (χ2v) is 28.3. The molecule has 15 unspecified atom stereocenters. The lowest BCUT2D eigenvalue weighted by Crippen LogP contribution is -2.68. The molecule has 18 N–H and O–H groups in total. The molecule has 0 spiro atoms. The molecule has 0 aromatic heterocycles. The lowest BCUT2D eigenvalue weighted by Gasteiger charge is -2.57. The highest BCUT2D eigenvalue weighted by atomic mass is 16.8. The molecule has 19 rings (SSSR count). The number of fused-ring (bicyclic) bond motifs is 3. The summed E-state index contributed by atoms with van der Waals surface area (Å²) in [5, 5.41) is 208. The van der Waals surface area contributed by atoms with Gasteiger partial charge in [-0.15, -0.1) is 0 Å². The van der Waals surface area contributed by atoms with Gasteiger partial charge in [-0.05, 0) is 94.0 Å². The van der Waals surface area contributed by atoms with Crippen molar-refractivity contribution < 1.29 is 158 Å². The lowest BCUT2D eigenvalue weighted by molar-refractivity contribution is -0.396. The summed E-state index contributed by atoms with van der Waals surface area (Å²) < 4.78 is 86.2. The van der Waals surface area contributed by atoms with Crippen molar-refractivity contribution in [3.8, 4) is 0 Å². The molecule has 93 heavy (non-hydrogen) atoms. The molecule has 4 aliphatic carbocycles. The molecule has 18 bridgehead atoms. The van der Waals surface area contributed by atoms with E-state index in [1.807, 2.05) is 0 Å². The van der Waals surface area contributed by atoms with E-state index in [2.05, 4.69) is 4.90 Å². The van der Waals surface area contributed by atoms with Gasteiger partial charge >= 0.3 is 0 Å². The van der Waals surface area contributed by atoms with Gasteiger partial charge in [-0.2, -0.15) is 0 Å². The fourth-order valence-corrected chi connectivity index (χ4v) is 17.3. The van der Waals surface area contributed by atoms with Crippen LogP contribution in [0.3, 0.4) is 0 Å². The molecule has 0 aromatic rings. The number of nitrogens with zero attached hydrogens (tertiary/aromatic N) is 1. The van der Waals surface area contributed by atoms with Crippen LogP contribution in [0, 0.1) is 29.1 Å². The highest BCUT2D eigenvalue weighted by Crippen LogP contribution is 2.61. The van der Waals surface area contributed by atoms with Crippen LogP contribution in [0.1, 0.15) is 84.0 Å². The predicted molar refractivity (Wildman–Crippen MR) is 302 cm³/mol. The number of hydrogen-bond acceptors (Lipinski definition) is 33. The average molecular weight is 1350 g/mol. The van der Waals surface area contributed by atoms with Crippen molar-refractivity contribution in [2.24, 2.45) is 29.1 Å². The maximum Gasteiger partial charge on any atom is 0.187 e. The molecule has 19 aliphatic rings. The van der Waals surface area contributed by atoms with Crippen molar-refractivity contribution in [2.45, 2.75) is 293 Å². The van der Waals surface area contributed by atoms with E-state index in [-0.39, 0.29) is 18.4 Å². The summed E-state index contributed by atoms with van der Waals surface area (Å²) in [6.45, 7) is -2.30. The Kier molecular flexibility index (Phi) is 23.1. The van der Waals surface area contributed by atoms with Gasteiger partial charge in [0.2, 0.25) is 0 Å². The van der Waals surface area contributed by atoms with Crippen LogP contribution in [0.4, 0.5) is 0 Å². The number of hydrogen-bond donors (Lipinski definition) is 18. The Morgan fingerprint density at radius 3 is 1.01 bits per heavy atom. The third kappa shape index (κ3) is 14.4. The third-order valence-electron chi connectivity index (χ3n) is 22.1. The highest BCUT2D eigenvalue weighted by Gasteiger charge is 2.60. The van der Waals surface area contributed by atoms with Gasteiger partial charge in [-0.3, -0.25) is 0 Å². The molecule has 536 valence electrons. The normalized spacial score (nSPS) is 55.3. The maximum atomic E-state index is 12.4. The molecule has 33 heteroatoms. The SMILES string of the molecule is CC1C(O)[C@@H]2O[C@H](CO)[C@H]1O[C@H]1O[C@@H]3CCCCCCN(CCC45CC6CC(CC(C6)C4)C5)C[C@H]4O[C@H](O[C@H]5C(O)C(O)[C@H](O[C@@H]5CO)O[C@H]5C(O)C(O)[C@H](O[C@@H]5CO)O[C@H]3C(O)C1O)C(O)C(O)[C@@H]4O[C@H]1OC(CO)[C@@H](O[C@H]3O[C@H](CO)[C@@H](O2)C(O)C3O)C(O)C1O. The van der Waals surface area contributed by atoms with Gasteiger partial charge < -0.3 is 163 Å². The quantitative estimate of drug-likeness (QED) is 0.107. The van der Waals surface area contributed by atoms with E-state index in [0.29, 0.717) is 56.5 Å². The Labute approximate surface area is 536 Å². The summed E-state index contributed by atoms with van der Waals surface area (Å²) >= 11 is 0. The van der Waals surface area contributed by atoms with Crippen molar-refractivity contribution in [3.63, 3.8) is 0 Å². The molecule has 33 nitrogen and oxygen atoms in total. The molecular weight excluding hydrogens is 1250 g/mol. The summed E-state index contributed by atoms with van der Waals surface area (Å²) in [6, 6.07) is 0. The first kappa shape index (κ1) is 71.5. The fraction of sp³-hybridized carbons (Fsp3) is 1.00. The minimum absolute atomic E-state index is 0.0614. The molecule has 0 aromatic carbocycles. The third-order valence-corrected chi connectivity index (χ3v) is 22.1. The lowest BCUT2D eigenvalue weighted by atomic mass is 9.49. The van der Waals surface area contributed by atoms with Gasteiger partial charge in [0.25, 0.3) is 0 Å². The van der Waals surface area contributed by atoms with Gasteiger partial charge in [0.15, 0.2) is 44.0 Å². The second-order valence-electron chi connectivity index (χ2n) is 28.3. The van der Waals surface area contributed by atoms with E-state index < -0.39 is 248 Å². The van der Waals surface area contributed by atoms with Crippen molar-refractivity contribution in [2.75, 3.05) is 52.7 Å². The van der Waals surface area contributed by atoms with Gasteiger partial charge in [-0.25, -0.2) is 0 Å². The van der Waals surface area contributed by atoms with Crippen LogP contribution in [0.2, 0.25) is 0 Å². The van der Waals surface area contributed by atoms with E-state index in [9.17, 15) is 91.9 Å². The first-order chi connectivity index (χ1) is 44.6. The van der Waals surface area contributed by atoms with Crippen LogP contribution < -0.4 is 0 Å². The molecule has 4 saturated carbocycles. The topological polar surface area (TPSA) is 497 Å². The van der Waals surface area contributed by atoms with E-state index in [4.69, 9.17) is 66.3 Å². The average Bonchev–Trinajstić information content (AvgIpc) is 0.764. The molecule has 15 saturated heterocycles. The van der Waals surface area contributed by atoms with Crippen LogP contribution in [0.5, 0.6) is 0 Å². The fourth-order valence-electron chi connectivity index (χ4n) is 17.3. The van der Waals surface area contributed by atoms with Crippen LogP contribution in [-0.4, -0.2) is 358 Å². The number of aliphatic hydroxyl groups is 18. The summed E-state index contributed by atoms with van der Waals surface area (Å²) in [7, 11) is 0. The van der Waals surface area contributed by atoms with E-state index >= 15 is 0 Å². The Morgan fingerprint density at radius 2 is 0.624 bits per heavy atom. The molecular formula is C60H99NO32. The largest absolute Gasteiger partial charge is 0.394 e. The number of aliphatic hydroxyl groups excluding tert-OH is 18. The smallest absolute Gasteiger partial charge is 0.187 e. The van der Waals surface area contributed by atoms with Crippen LogP contribution in [-0.2, 0) is 66.3 Å². The first-order valence-corrected chi connectivity index (χ1v) is 33.3. The van der Waals surface area contributed by atoms with Crippen LogP contribution in [0.25, 0.3) is 0 Å². The molecule has 15 heterocycles. The molecule has 35 atom stereocenters. The number of rotatable bonds is 8. The predicted octanol–water partition coefficient (Wildman–Crippen LogP) is -8.07. The minimum Gasteiger partial charge on any atom is -0.394 e. The molecule has 15 aliphatic heterocycles. The zero-order valence-corrected chi connectivity index (χ0v) is 51.8. The molecule has 19 fully saturated rings. The Balaban J connectivity index is 0.914. The number of ether oxygens (including phenoxy) is 14. The second kappa shape index (κ2) is 30.1.